The summed E-state index contributed by atoms with van der Waals surface area (Å²) in [4.78, 5) is 0. The summed E-state index contributed by atoms with van der Waals surface area (Å²) in [5, 5.41) is 2.74. The standard InChI is InChI=1S/C38H38S/c1-37(2,3)31-19-28(18-29(20-31)32-8-6-9-34-33-7-4-5-10-35(33)39-36(32)34)27-11-13-30(14-12-27)38-21-24-15-25(22-38)17-26(16-24)23-38/h4-14,18-20,24-26H,15-17,21-23H2,1-3H3. The van der Waals surface area contributed by atoms with Crippen molar-refractivity contribution in [2.45, 2.75) is 70.1 Å². The predicted molar refractivity (Wildman–Crippen MR) is 169 cm³/mol. The molecule has 9 rings (SSSR count). The summed E-state index contributed by atoms with van der Waals surface area (Å²) < 4.78 is 2.76. The van der Waals surface area contributed by atoms with Crippen LogP contribution < -0.4 is 0 Å². The van der Waals surface area contributed by atoms with Crippen molar-refractivity contribution in [1.29, 1.82) is 0 Å². The number of fused-ring (bicyclic) bond motifs is 3. The fourth-order valence-electron chi connectivity index (χ4n) is 8.84. The Hall–Kier alpha value is -2.90. The molecule has 1 heteroatoms. The van der Waals surface area contributed by atoms with Crippen LogP contribution in [-0.4, -0.2) is 0 Å². The van der Waals surface area contributed by atoms with Crippen molar-refractivity contribution in [2.75, 3.05) is 0 Å². The highest BCUT2D eigenvalue weighted by Gasteiger charge is 2.51. The van der Waals surface area contributed by atoms with Gasteiger partial charge in [-0.05, 0) is 113 Å². The summed E-state index contributed by atoms with van der Waals surface area (Å²) >= 11 is 1.93. The largest absolute Gasteiger partial charge is 0.135 e. The van der Waals surface area contributed by atoms with Crippen LogP contribution in [-0.2, 0) is 10.8 Å². The average molecular weight is 527 g/mol. The van der Waals surface area contributed by atoms with E-state index in [0.29, 0.717) is 5.41 Å². The van der Waals surface area contributed by atoms with Crippen LogP contribution >= 0.6 is 11.3 Å². The Kier molecular flexibility index (Phi) is 5.25. The summed E-state index contributed by atoms with van der Waals surface area (Å²) in [6.07, 6.45) is 8.81. The summed E-state index contributed by atoms with van der Waals surface area (Å²) in [6, 6.07) is 32.8. The van der Waals surface area contributed by atoms with Crippen molar-refractivity contribution in [2.24, 2.45) is 17.8 Å². The van der Waals surface area contributed by atoms with Crippen LogP contribution in [0.1, 0.15) is 70.4 Å². The highest BCUT2D eigenvalue weighted by molar-refractivity contribution is 7.26. The van der Waals surface area contributed by atoms with E-state index in [0.717, 1.165) is 17.8 Å². The fourth-order valence-corrected chi connectivity index (χ4v) is 10.1. The van der Waals surface area contributed by atoms with Crippen LogP contribution in [0.25, 0.3) is 42.4 Å². The number of hydrogen-bond acceptors (Lipinski definition) is 1. The monoisotopic (exact) mass is 526 g/mol. The van der Waals surface area contributed by atoms with Gasteiger partial charge in [0, 0.05) is 20.2 Å². The van der Waals surface area contributed by atoms with Gasteiger partial charge in [-0.15, -0.1) is 11.3 Å². The first-order chi connectivity index (χ1) is 18.8. The van der Waals surface area contributed by atoms with Gasteiger partial charge in [0.15, 0.2) is 0 Å². The van der Waals surface area contributed by atoms with Crippen molar-refractivity contribution in [1.82, 2.24) is 0 Å². The molecule has 0 radical (unpaired) electrons. The van der Waals surface area contributed by atoms with E-state index < -0.39 is 0 Å². The lowest BCUT2D eigenvalue weighted by molar-refractivity contribution is -0.00518. The number of hydrogen-bond donors (Lipinski definition) is 0. The van der Waals surface area contributed by atoms with Crippen LogP contribution in [0.2, 0.25) is 0 Å². The lowest BCUT2D eigenvalue weighted by Crippen LogP contribution is -2.48. The first-order valence-corrected chi connectivity index (χ1v) is 15.8. The average Bonchev–Trinajstić information content (AvgIpc) is 3.31. The molecule has 4 aromatic carbocycles. The molecule has 196 valence electrons. The highest BCUT2D eigenvalue weighted by Crippen LogP contribution is 2.60. The minimum atomic E-state index is 0.0813. The Morgan fingerprint density at radius 1 is 0.641 bits per heavy atom. The summed E-state index contributed by atoms with van der Waals surface area (Å²) in [5.41, 5.74) is 8.93. The quantitative estimate of drug-likeness (QED) is 0.219. The second-order valence-electron chi connectivity index (χ2n) is 14.1. The van der Waals surface area contributed by atoms with Gasteiger partial charge in [0.2, 0.25) is 0 Å². The van der Waals surface area contributed by atoms with E-state index in [-0.39, 0.29) is 5.41 Å². The number of rotatable bonds is 3. The maximum absolute atomic E-state index is 2.50. The van der Waals surface area contributed by atoms with Gasteiger partial charge < -0.3 is 0 Å². The Morgan fingerprint density at radius 2 is 1.28 bits per heavy atom. The molecular formula is C38H38S. The molecule has 0 amide bonds. The third-order valence-electron chi connectivity index (χ3n) is 10.4. The van der Waals surface area contributed by atoms with E-state index in [4.69, 9.17) is 0 Å². The van der Waals surface area contributed by atoms with Gasteiger partial charge >= 0.3 is 0 Å². The van der Waals surface area contributed by atoms with Gasteiger partial charge in [0.25, 0.3) is 0 Å². The number of thiophene rings is 1. The second-order valence-corrected chi connectivity index (χ2v) is 15.2. The molecule has 39 heavy (non-hydrogen) atoms. The molecule has 0 aliphatic heterocycles. The molecule has 4 saturated carbocycles. The summed E-state index contributed by atoms with van der Waals surface area (Å²) in [6.45, 7) is 7.02. The van der Waals surface area contributed by atoms with E-state index in [1.807, 2.05) is 11.3 Å². The molecule has 4 fully saturated rings. The van der Waals surface area contributed by atoms with Crippen LogP contribution in [0.4, 0.5) is 0 Å². The minimum Gasteiger partial charge on any atom is -0.135 e. The first kappa shape index (κ1) is 23.9. The van der Waals surface area contributed by atoms with E-state index in [9.17, 15) is 0 Å². The third-order valence-corrected chi connectivity index (χ3v) is 11.6. The molecule has 4 aliphatic carbocycles. The molecule has 0 nitrogen and oxygen atoms in total. The fraction of sp³-hybridized carbons (Fsp3) is 0.368. The molecular weight excluding hydrogens is 488 g/mol. The molecule has 0 saturated heterocycles. The number of benzene rings is 4. The van der Waals surface area contributed by atoms with Crippen molar-refractivity contribution < 1.29 is 0 Å². The van der Waals surface area contributed by atoms with Gasteiger partial charge in [-0.3, -0.25) is 0 Å². The molecule has 0 spiro atoms. The normalized spacial score (nSPS) is 26.1. The maximum Gasteiger partial charge on any atom is 0.0433 e. The zero-order valence-electron chi connectivity index (χ0n) is 23.5. The van der Waals surface area contributed by atoms with Crippen molar-refractivity contribution >= 4 is 31.5 Å². The zero-order chi connectivity index (χ0) is 26.4. The van der Waals surface area contributed by atoms with Gasteiger partial charge in [-0.2, -0.15) is 0 Å². The van der Waals surface area contributed by atoms with Crippen LogP contribution in [0.3, 0.4) is 0 Å². The second kappa shape index (κ2) is 8.55. The summed E-state index contributed by atoms with van der Waals surface area (Å²) in [5.74, 6) is 2.95. The topological polar surface area (TPSA) is 0 Å². The van der Waals surface area contributed by atoms with Crippen LogP contribution in [0.15, 0.2) is 84.9 Å². The van der Waals surface area contributed by atoms with Crippen molar-refractivity contribution in [3.05, 3.63) is 96.1 Å². The Morgan fingerprint density at radius 3 is 1.97 bits per heavy atom. The van der Waals surface area contributed by atoms with Crippen molar-refractivity contribution in [3.63, 3.8) is 0 Å². The third kappa shape index (κ3) is 3.92. The van der Waals surface area contributed by atoms with E-state index in [1.165, 1.54) is 86.5 Å². The smallest absolute Gasteiger partial charge is 0.0433 e. The Labute approximate surface area is 237 Å². The predicted octanol–water partition coefficient (Wildman–Crippen LogP) is 11.2. The van der Waals surface area contributed by atoms with Gasteiger partial charge in [-0.1, -0.05) is 93.6 Å². The van der Waals surface area contributed by atoms with Gasteiger partial charge in [0.1, 0.15) is 0 Å². The van der Waals surface area contributed by atoms with E-state index in [1.54, 1.807) is 5.56 Å². The van der Waals surface area contributed by atoms with Gasteiger partial charge in [-0.25, -0.2) is 0 Å². The lowest BCUT2D eigenvalue weighted by atomic mass is 9.48. The molecule has 4 aliphatic rings. The maximum atomic E-state index is 2.50. The molecule has 1 aromatic heterocycles. The summed E-state index contributed by atoms with van der Waals surface area (Å²) in [7, 11) is 0. The molecule has 0 N–H and O–H groups in total. The Balaban J connectivity index is 1.23. The zero-order valence-corrected chi connectivity index (χ0v) is 24.3. The van der Waals surface area contributed by atoms with Gasteiger partial charge in [0.05, 0.1) is 0 Å². The highest BCUT2D eigenvalue weighted by atomic mass is 32.1. The molecule has 1 heterocycles. The SMILES string of the molecule is CC(C)(C)c1cc(-c2ccc(C34CC5CC(CC(C5)C3)C4)cc2)cc(-c2cccc3c2sc2ccccc23)c1. The molecule has 4 bridgehead atoms. The molecule has 0 atom stereocenters. The van der Waals surface area contributed by atoms with Crippen molar-refractivity contribution in [3.8, 4) is 22.3 Å². The van der Waals surface area contributed by atoms with E-state index >= 15 is 0 Å². The van der Waals surface area contributed by atoms with Crippen LogP contribution in [0, 0.1) is 17.8 Å². The Bertz CT molecular complexity index is 1670. The van der Waals surface area contributed by atoms with E-state index in [2.05, 4.69) is 106 Å². The first-order valence-electron chi connectivity index (χ1n) is 15.0. The minimum absolute atomic E-state index is 0.0813. The molecule has 0 unspecified atom stereocenters. The molecule has 5 aromatic rings. The van der Waals surface area contributed by atoms with Crippen LogP contribution in [0.5, 0.6) is 0 Å². The lowest BCUT2D eigenvalue weighted by Gasteiger charge is -2.57.